The summed E-state index contributed by atoms with van der Waals surface area (Å²) in [7, 11) is -1.27. The lowest BCUT2D eigenvalue weighted by Gasteiger charge is -2.13. The number of nitrogens with one attached hydrogen (secondary N) is 3. The zero-order valence-electron chi connectivity index (χ0n) is 14.0. The Kier molecular flexibility index (Phi) is 7.01. The summed E-state index contributed by atoms with van der Waals surface area (Å²) >= 11 is 17.5. The highest BCUT2D eigenvalue weighted by atomic mass is 35.5. The van der Waals surface area contributed by atoms with E-state index in [-0.39, 0.29) is 20.0 Å². The first-order valence-electron chi connectivity index (χ1n) is 7.13. The van der Waals surface area contributed by atoms with E-state index >= 15 is 0 Å². The lowest BCUT2D eigenvalue weighted by molar-refractivity contribution is 0.250. The van der Waals surface area contributed by atoms with Crippen LogP contribution in [0.25, 0.3) is 0 Å². The van der Waals surface area contributed by atoms with Gasteiger partial charge in [-0.15, -0.1) is 4.83 Å². The van der Waals surface area contributed by atoms with Crippen LogP contribution in [0.5, 0.6) is 11.5 Å². The van der Waals surface area contributed by atoms with Crippen molar-refractivity contribution in [1.82, 2.24) is 10.3 Å². The molecule has 2 aromatic rings. The average molecular weight is 455 g/mol. The molecular weight excluding hydrogens is 441 g/mol. The van der Waals surface area contributed by atoms with Gasteiger partial charge >= 0.3 is 6.03 Å². The molecule has 0 fully saturated rings. The summed E-state index contributed by atoms with van der Waals surface area (Å²) < 4.78 is 34.8. The molecule has 0 heterocycles. The maximum Gasteiger partial charge on any atom is 0.334 e. The number of hydrazine groups is 1. The number of hydrogen-bond donors (Lipinski definition) is 3. The van der Waals surface area contributed by atoms with Gasteiger partial charge in [0.15, 0.2) is 11.5 Å². The third kappa shape index (κ3) is 5.30. The van der Waals surface area contributed by atoms with Gasteiger partial charge in [0.25, 0.3) is 10.0 Å². The van der Waals surface area contributed by atoms with Gasteiger partial charge in [-0.2, -0.15) is 0 Å². The van der Waals surface area contributed by atoms with E-state index in [0.717, 1.165) is 6.07 Å². The molecule has 12 heteroatoms. The number of urea groups is 1. The molecule has 0 atom stereocenters. The van der Waals surface area contributed by atoms with Crippen LogP contribution in [0.1, 0.15) is 0 Å². The lowest BCUT2D eigenvalue weighted by Crippen LogP contribution is -2.43. The Morgan fingerprint density at radius 2 is 1.56 bits per heavy atom. The standard InChI is InChI=1S/C15H14Cl3N3O5S/c1-25-12-4-3-8(5-13(12)26-2)19-15(22)20-21-27(23,24)14-7-10(17)9(16)6-11(14)18/h3-7,21H,1-2H3,(H2,19,20,22). The second-order valence-electron chi connectivity index (χ2n) is 4.95. The molecule has 0 radical (unpaired) electrons. The van der Waals surface area contributed by atoms with Gasteiger partial charge in [-0.3, -0.25) is 5.43 Å². The van der Waals surface area contributed by atoms with Crippen molar-refractivity contribution in [1.29, 1.82) is 0 Å². The third-order valence-corrected chi connectivity index (χ3v) is 5.64. The Labute approximate surface area is 170 Å². The second kappa shape index (κ2) is 8.85. The van der Waals surface area contributed by atoms with Crippen molar-refractivity contribution in [2.24, 2.45) is 0 Å². The SMILES string of the molecule is COc1ccc(NC(=O)NNS(=O)(=O)c2cc(Cl)c(Cl)cc2Cl)cc1OC. The molecule has 0 spiro atoms. The van der Waals surface area contributed by atoms with Crippen LogP contribution in [0, 0.1) is 0 Å². The molecular formula is C15H14Cl3N3O5S. The number of rotatable bonds is 6. The summed E-state index contributed by atoms with van der Waals surface area (Å²) in [5.74, 6) is 0.858. The summed E-state index contributed by atoms with van der Waals surface area (Å²) in [6, 6.07) is 6.04. The molecule has 27 heavy (non-hydrogen) atoms. The molecule has 2 amide bonds. The summed E-state index contributed by atoms with van der Waals surface area (Å²) in [5.41, 5.74) is 2.35. The molecule has 146 valence electrons. The molecule has 0 aliphatic rings. The third-order valence-electron chi connectivity index (χ3n) is 3.20. The maximum absolute atomic E-state index is 12.3. The van der Waals surface area contributed by atoms with Crippen LogP contribution < -0.4 is 25.0 Å². The smallest absolute Gasteiger partial charge is 0.334 e. The minimum atomic E-state index is -4.18. The van der Waals surface area contributed by atoms with Crippen LogP contribution in [0.2, 0.25) is 15.1 Å². The normalized spacial score (nSPS) is 11.0. The van der Waals surface area contributed by atoms with Gasteiger partial charge < -0.3 is 14.8 Å². The number of sulfonamides is 1. The fourth-order valence-corrected chi connectivity index (χ4v) is 3.80. The van der Waals surface area contributed by atoms with E-state index in [4.69, 9.17) is 44.3 Å². The number of anilines is 1. The highest BCUT2D eigenvalue weighted by Gasteiger charge is 2.21. The molecule has 0 saturated heterocycles. The van der Waals surface area contributed by atoms with Crippen LogP contribution in [-0.4, -0.2) is 28.7 Å². The zero-order chi connectivity index (χ0) is 20.2. The number of methoxy groups -OCH3 is 2. The van der Waals surface area contributed by atoms with Crippen LogP contribution >= 0.6 is 34.8 Å². The fraction of sp³-hybridized carbons (Fsp3) is 0.133. The Morgan fingerprint density at radius 3 is 2.19 bits per heavy atom. The molecule has 0 aliphatic carbocycles. The van der Waals surface area contributed by atoms with Gasteiger partial charge in [-0.1, -0.05) is 34.8 Å². The molecule has 0 saturated carbocycles. The highest BCUT2D eigenvalue weighted by molar-refractivity contribution is 7.89. The molecule has 2 rings (SSSR count). The zero-order valence-corrected chi connectivity index (χ0v) is 17.1. The molecule has 2 aromatic carbocycles. The first-order chi connectivity index (χ1) is 12.7. The minimum Gasteiger partial charge on any atom is -0.493 e. The summed E-state index contributed by atoms with van der Waals surface area (Å²) in [6.07, 6.45) is 0. The molecule has 0 unspecified atom stereocenters. The Hall–Kier alpha value is -1.91. The van der Waals surface area contributed by atoms with E-state index in [0.29, 0.717) is 17.2 Å². The van der Waals surface area contributed by atoms with Crippen LogP contribution in [0.3, 0.4) is 0 Å². The van der Waals surface area contributed by atoms with E-state index in [1.807, 2.05) is 10.3 Å². The van der Waals surface area contributed by atoms with E-state index in [1.165, 1.54) is 26.4 Å². The van der Waals surface area contributed by atoms with Gasteiger partial charge in [0.2, 0.25) is 0 Å². The predicted molar refractivity (Wildman–Crippen MR) is 103 cm³/mol. The number of hydrogen-bond acceptors (Lipinski definition) is 5. The van der Waals surface area contributed by atoms with E-state index in [1.54, 1.807) is 12.1 Å². The van der Waals surface area contributed by atoms with Crippen molar-refractivity contribution < 1.29 is 22.7 Å². The van der Waals surface area contributed by atoms with E-state index in [9.17, 15) is 13.2 Å². The molecule has 0 aromatic heterocycles. The van der Waals surface area contributed by atoms with Crippen LogP contribution in [-0.2, 0) is 10.0 Å². The van der Waals surface area contributed by atoms with Crippen LogP contribution in [0.15, 0.2) is 35.2 Å². The molecule has 8 nitrogen and oxygen atoms in total. The van der Waals surface area contributed by atoms with Crippen molar-refractivity contribution in [3.8, 4) is 11.5 Å². The first-order valence-corrected chi connectivity index (χ1v) is 9.75. The molecule has 3 N–H and O–H groups in total. The lowest BCUT2D eigenvalue weighted by atomic mass is 10.3. The topological polar surface area (TPSA) is 106 Å². The number of halogens is 3. The Morgan fingerprint density at radius 1 is 0.926 bits per heavy atom. The van der Waals surface area contributed by atoms with Crippen molar-refractivity contribution in [2.45, 2.75) is 4.90 Å². The van der Waals surface area contributed by atoms with E-state index in [2.05, 4.69) is 5.32 Å². The number of ether oxygens (including phenoxy) is 2. The molecule has 0 bridgehead atoms. The van der Waals surface area contributed by atoms with Gasteiger partial charge in [0.1, 0.15) is 4.90 Å². The van der Waals surface area contributed by atoms with Gasteiger partial charge in [0, 0.05) is 11.8 Å². The van der Waals surface area contributed by atoms with Crippen molar-refractivity contribution >= 4 is 56.5 Å². The van der Waals surface area contributed by atoms with Gasteiger partial charge in [-0.05, 0) is 24.3 Å². The monoisotopic (exact) mass is 453 g/mol. The Balaban J connectivity index is 2.08. The number of benzene rings is 2. The van der Waals surface area contributed by atoms with Gasteiger partial charge in [0.05, 0.1) is 29.3 Å². The first kappa shape index (κ1) is 21.4. The maximum atomic E-state index is 12.3. The fourth-order valence-electron chi connectivity index (χ4n) is 1.96. The van der Waals surface area contributed by atoms with Crippen LogP contribution in [0.4, 0.5) is 10.5 Å². The quantitative estimate of drug-likeness (QED) is 0.456. The number of amides is 2. The minimum absolute atomic E-state index is 0.00350. The number of carbonyl (C=O) groups is 1. The average Bonchev–Trinajstić information content (AvgIpc) is 2.62. The predicted octanol–water partition coefficient (Wildman–Crippen LogP) is 3.68. The second-order valence-corrected chi connectivity index (χ2v) is 7.82. The van der Waals surface area contributed by atoms with E-state index < -0.39 is 16.1 Å². The summed E-state index contributed by atoms with van der Waals surface area (Å²) in [4.78, 5) is 13.5. The van der Waals surface area contributed by atoms with Crippen molar-refractivity contribution in [3.05, 3.63) is 45.4 Å². The van der Waals surface area contributed by atoms with Gasteiger partial charge in [-0.25, -0.2) is 13.2 Å². The summed E-state index contributed by atoms with van der Waals surface area (Å²) in [6.45, 7) is 0. The number of carbonyl (C=O) groups excluding carboxylic acids is 1. The largest absolute Gasteiger partial charge is 0.493 e. The van der Waals surface area contributed by atoms with Crippen molar-refractivity contribution in [3.63, 3.8) is 0 Å². The van der Waals surface area contributed by atoms with Crippen molar-refractivity contribution in [2.75, 3.05) is 19.5 Å². The molecule has 0 aliphatic heterocycles. The Bertz CT molecular complexity index is 969. The highest BCUT2D eigenvalue weighted by Crippen LogP contribution is 2.31. The summed E-state index contributed by atoms with van der Waals surface area (Å²) in [5, 5.41) is 2.37.